The van der Waals surface area contributed by atoms with Crippen LogP contribution in [0.3, 0.4) is 0 Å². The predicted octanol–water partition coefficient (Wildman–Crippen LogP) is 5.76. The van der Waals surface area contributed by atoms with Gasteiger partial charge in [0.05, 0.1) is 5.41 Å². The molecule has 2 atom stereocenters. The molecule has 2 unspecified atom stereocenters. The number of para-hydroxylation sites is 1. The average molecular weight is 341 g/mol. The van der Waals surface area contributed by atoms with Crippen molar-refractivity contribution in [1.29, 1.82) is 0 Å². The third kappa shape index (κ3) is 1.72. The standard InChI is InChI=1S/C24H23NO/c1-4-23(2)20-11-7-8-12-21(20)25(3)24(23)16-15-19-18-10-6-5-9-17(18)13-14-22(19)26-24/h5-16H,4H2,1-3H3. The van der Waals surface area contributed by atoms with E-state index in [-0.39, 0.29) is 5.41 Å². The number of nitrogens with zero attached hydrogens (tertiary/aromatic N) is 1. The fourth-order valence-electron chi connectivity index (χ4n) is 4.83. The Morgan fingerprint density at radius 3 is 2.58 bits per heavy atom. The van der Waals surface area contributed by atoms with E-state index in [0.717, 1.165) is 12.2 Å². The van der Waals surface area contributed by atoms with Crippen molar-refractivity contribution < 1.29 is 4.74 Å². The predicted molar refractivity (Wildman–Crippen MR) is 109 cm³/mol. The molecule has 130 valence electrons. The Hall–Kier alpha value is -2.74. The number of likely N-dealkylation sites (N-methyl/N-ethyl adjacent to an activating group) is 1. The minimum atomic E-state index is -0.499. The highest BCUT2D eigenvalue weighted by Gasteiger charge is 2.59. The molecule has 0 fully saturated rings. The molecule has 2 heterocycles. The van der Waals surface area contributed by atoms with Crippen LogP contribution in [0.4, 0.5) is 5.69 Å². The van der Waals surface area contributed by atoms with Gasteiger partial charge in [-0.1, -0.05) is 55.5 Å². The maximum atomic E-state index is 6.83. The number of rotatable bonds is 1. The maximum absolute atomic E-state index is 6.83. The molecule has 3 aromatic carbocycles. The van der Waals surface area contributed by atoms with Crippen molar-refractivity contribution in [3.63, 3.8) is 0 Å². The number of benzene rings is 3. The third-order valence-corrected chi connectivity index (χ3v) is 6.53. The summed E-state index contributed by atoms with van der Waals surface area (Å²) in [4.78, 5) is 2.31. The molecule has 1 spiro atoms. The molecule has 5 rings (SSSR count). The molecule has 0 aliphatic carbocycles. The van der Waals surface area contributed by atoms with E-state index >= 15 is 0 Å². The van der Waals surface area contributed by atoms with E-state index in [0.29, 0.717) is 0 Å². The number of ether oxygens (including phenoxy) is 1. The summed E-state index contributed by atoms with van der Waals surface area (Å²) in [6, 6.07) is 21.5. The molecule has 2 nitrogen and oxygen atoms in total. The highest BCUT2D eigenvalue weighted by atomic mass is 16.5. The first kappa shape index (κ1) is 15.5. The van der Waals surface area contributed by atoms with E-state index in [2.05, 4.69) is 98.6 Å². The Balaban J connectivity index is 1.73. The van der Waals surface area contributed by atoms with Crippen LogP contribution in [0.15, 0.2) is 66.7 Å². The molecule has 2 aliphatic heterocycles. The number of hydrogen-bond acceptors (Lipinski definition) is 2. The molecule has 0 aromatic heterocycles. The molecule has 3 aromatic rings. The fourth-order valence-corrected chi connectivity index (χ4v) is 4.83. The third-order valence-electron chi connectivity index (χ3n) is 6.53. The van der Waals surface area contributed by atoms with Crippen LogP contribution in [0.1, 0.15) is 31.4 Å². The molecule has 0 N–H and O–H groups in total. The molecule has 2 aliphatic rings. The van der Waals surface area contributed by atoms with Gasteiger partial charge in [0.15, 0.2) is 0 Å². The van der Waals surface area contributed by atoms with Crippen LogP contribution >= 0.6 is 0 Å². The molecule has 0 radical (unpaired) electrons. The molecular formula is C24H23NO. The van der Waals surface area contributed by atoms with Crippen molar-refractivity contribution in [2.45, 2.75) is 31.4 Å². The van der Waals surface area contributed by atoms with Crippen molar-refractivity contribution in [2.24, 2.45) is 0 Å². The van der Waals surface area contributed by atoms with Gasteiger partial charge < -0.3 is 9.64 Å². The second kappa shape index (κ2) is 5.14. The monoisotopic (exact) mass is 341 g/mol. The highest BCUT2D eigenvalue weighted by molar-refractivity contribution is 5.94. The number of anilines is 1. The van der Waals surface area contributed by atoms with Gasteiger partial charge in [-0.25, -0.2) is 0 Å². The average Bonchev–Trinajstić information content (AvgIpc) is 2.88. The SMILES string of the molecule is CCC1(C)c2ccccc2N(C)C12C=Cc1c(ccc3ccccc13)O2. The zero-order valence-electron chi connectivity index (χ0n) is 15.5. The maximum Gasteiger partial charge on any atom is 0.212 e. The highest BCUT2D eigenvalue weighted by Crippen LogP contribution is 2.56. The van der Waals surface area contributed by atoms with E-state index in [1.165, 1.54) is 27.6 Å². The molecule has 2 heteroatoms. The van der Waals surface area contributed by atoms with Gasteiger partial charge in [-0.2, -0.15) is 0 Å². The van der Waals surface area contributed by atoms with Crippen LogP contribution < -0.4 is 9.64 Å². The summed E-state index contributed by atoms with van der Waals surface area (Å²) < 4.78 is 6.83. The summed E-state index contributed by atoms with van der Waals surface area (Å²) in [6.45, 7) is 4.58. The molecule has 0 bridgehead atoms. The lowest BCUT2D eigenvalue weighted by atomic mass is 9.72. The van der Waals surface area contributed by atoms with Crippen molar-refractivity contribution in [1.82, 2.24) is 0 Å². The summed E-state index contributed by atoms with van der Waals surface area (Å²) in [6.07, 6.45) is 5.53. The van der Waals surface area contributed by atoms with Crippen LogP contribution in [0, 0.1) is 0 Å². The van der Waals surface area contributed by atoms with E-state index < -0.39 is 5.72 Å². The first-order valence-electron chi connectivity index (χ1n) is 9.34. The van der Waals surface area contributed by atoms with Gasteiger partial charge in [0.2, 0.25) is 5.72 Å². The minimum absolute atomic E-state index is 0.113. The van der Waals surface area contributed by atoms with Gasteiger partial charge in [0, 0.05) is 18.3 Å². The van der Waals surface area contributed by atoms with E-state index in [1.807, 2.05) is 0 Å². The Morgan fingerprint density at radius 1 is 0.962 bits per heavy atom. The molecule has 0 saturated heterocycles. The zero-order chi connectivity index (χ0) is 17.9. The van der Waals surface area contributed by atoms with Gasteiger partial charge in [-0.3, -0.25) is 0 Å². The second-order valence-corrected chi connectivity index (χ2v) is 7.59. The summed E-state index contributed by atoms with van der Waals surface area (Å²) in [5, 5.41) is 2.49. The van der Waals surface area contributed by atoms with Gasteiger partial charge in [-0.15, -0.1) is 0 Å². The van der Waals surface area contributed by atoms with E-state index in [1.54, 1.807) is 0 Å². The normalized spacial score (nSPS) is 26.0. The smallest absolute Gasteiger partial charge is 0.212 e. The summed E-state index contributed by atoms with van der Waals surface area (Å²) in [5.74, 6) is 0.963. The second-order valence-electron chi connectivity index (χ2n) is 7.59. The topological polar surface area (TPSA) is 12.5 Å². The van der Waals surface area contributed by atoms with Crippen LogP contribution in [0.2, 0.25) is 0 Å². The summed E-state index contributed by atoms with van der Waals surface area (Å²) in [5.41, 5.74) is 3.18. The van der Waals surface area contributed by atoms with Crippen LogP contribution in [-0.2, 0) is 5.41 Å². The van der Waals surface area contributed by atoms with Crippen molar-refractivity contribution >= 4 is 22.5 Å². The van der Waals surface area contributed by atoms with Gasteiger partial charge >= 0.3 is 0 Å². The van der Waals surface area contributed by atoms with E-state index in [4.69, 9.17) is 4.74 Å². The number of fused-ring (bicyclic) bond motifs is 4. The van der Waals surface area contributed by atoms with Crippen molar-refractivity contribution in [3.8, 4) is 5.75 Å². The lowest BCUT2D eigenvalue weighted by Gasteiger charge is -2.47. The Bertz CT molecular complexity index is 1050. The minimum Gasteiger partial charge on any atom is -0.463 e. The van der Waals surface area contributed by atoms with E-state index in [9.17, 15) is 0 Å². The summed E-state index contributed by atoms with van der Waals surface area (Å²) in [7, 11) is 2.15. The largest absolute Gasteiger partial charge is 0.463 e. The first-order valence-corrected chi connectivity index (χ1v) is 9.34. The van der Waals surface area contributed by atoms with Gasteiger partial charge in [0.25, 0.3) is 0 Å². The molecule has 26 heavy (non-hydrogen) atoms. The molecular weight excluding hydrogens is 318 g/mol. The molecule has 0 saturated carbocycles. The summed E-state index contributed by atoms with van der Waals surface area (Å²) >= 11 is 0. The van der Waals surface area contributed by atoms with Crippen molar-refractivity contribution in [3.05, 3.63) is 77.9 Å². The zero-order valence-corrected chi connectivity index (χ0v) is 15.5. The lowest BCUT2D eigenvalue weighted by molar-refractivity contribution is 0.0470. The quantitative estimate of drug-likeness (QED) is 0.558. The van der Waals surface area contributed by atoms with Crippen molar-refractivity contribution in [2.75, 3.05) is 11.9 Å². The van der Waals surface area contributed by atoms with Gasteiger partial charge in [-0.05, 0) is 54.0 Å². The van der Waals surface area contributed by atoms with Crippen LogP contribution in [-0.4, -0.2) is 12.8 Å². The van der Waals surface area contributed by atoms with Crippen LogP contribution in [0.25, 0.3) is 16.8 Å². The number of hydrogen-bond donors (Lipinski definition) is 0. The fraction of sp³-hybridized carbons (Fsp3) is 0.250. The Kier molecular flexibility index (Phi) is 3.06. The van der Waals surface area contributed by atoms with Gasteiger partial charge in [0.1, 0.15) is 5.75 Å². The molecule has 0 amide bonds. The lowest BCUT2D eigenvalue weighted by Crippen LogP contribution is -2.59. The Labute approximate surface area is 154 Å². The van der Waals surface area contributed by atoms with Crippen LogP contribution in [0.5, 0.6) is 5.75 Å². The first-order chi connectivity index (χ1) is 12.6. The Morgan fingerprint density at radius 2 is 1.73 bits per heavy atom.